The van der Waals surface area contributed by atoms with Crippen molar-refractivity contribution in [2.75, 3.05) is 26.1 Å². The second kappa shape index (κ2) is 10.2. The van der Waals surface area contributed by atoms with Crippen molar-refractivity contribution in [1.29, 1.82) is 0 Å². The molecule has 4 rings (SSSR count). The van der Waals surface area contributed by atoms with Crippen LogP contribution in [0.4, 0.5) is 5.82 Å². The summed E-state index contributed by atoms with van der Waals surface area (Å²) in [5.41, 5.74) is 7.73. The highest BCUT2D eigenvalue weighted by molar-refractivity contribution is 7.92. The van der Waals surface area contributed by atoms with Crippen LogP contribution in [0.2, 0.25) is 0 Å². The van der Waals surface area contributed by atoms with E-state index in [2.05, 4.69) is 15.0 Å². The van der Waals surface area contributed by atoms with E-state index in [1.807, 2.05) is 6.20 Å². The van der Waals surface area contributed by atoms with Crippen LogP contribution in [0.25, 0.3) is 11.0 Å². The van der Waals surface area contributed by atoms with Crippen molar-refractivity contribution in [2.24, 2.45) is 5.73 Å². The smallest absolute Gasteiger partial charge is 0.266 e. The molecule has 0 aliphatic rings. The zero-order valence-electron chi connectivity index (χ0n) is 18.6. The van der Waals surface area contributed by atoms with Crippen LogP contribution in [0.3, 0.4) is 0 Å². The molecule has 0 amide bonds. The van der Waals surface area contributed by atoms with Crippen molar-refractivity contribution in [3.05, 3.63) is 53.9 Å². The van der Waals surface area contributed by atoms with Gasteiger partial charge in [-0.25, -0.2) is 8.42 Å². The zero-order valence-corrected chi connectivity index (χ0v) is 20.3. The fraction of sp³-hybridized carbons (Fsp3) is 0.238. The minimum Gasteiger partial charge on any atom is -0.497 e. The molecule has 2 heterocycles. The van der Waals surface area contributed by atoms with Crippen molar-refractivity contribution in [1.82, 2.24) is 14.9 Å². The van der Waals surface area contributed by atoms with E-state index in [-0.39, 0.29) is 28.9 Å². The number of rotatable bonds is 9. The summed E-state index contributed by atoms with van der Waals surface area (Å²) < 4.78 is 51.7. The van der Waals surface area contributed by atoms with E-state index in [9.17, 15) is 8.42 Å². The quantitative estimate of drug-likeness (QED) is 0.348. The molecule has 0 saturated carbocycles. The Bertz CT molecular complexity index is 1400. The molecule has 11 nitrogen and oxygen atoms in total. The largest absolute Gasteiger partial charge is 0.497 e. The summed E-state index contributed by atoms with van der Waals surface area (Å²) in [5.74, 6) is 0.897. The van der Waals surface area contributed by atoms with E-state index in [1.165, 1.54) is 33.5 Å². The van der Waals surface area contributed by atoms with Crippen LogP contribution in [0, 0.1) is 0 Å². The Labute approximate surface area is 202 Å². The molecule has 34 heavy (non-hydrogen) atoms. The standard InChI is InChI=1S/C21H23N5O6S.ClH/c1-29-15-4-5-16(30-2)19(8-15)33(27,28)25-21-20-17(31-3)6-13(7-18(20)32-24-21)11-26-12-14(9-22)10-23-26;/h4-8,10,12H,9,11,22H2,1-3H3,(H,24,25);1H. The number of fused-ring (bicyclic) bond motifs is 1. The van der Waals surface area contributed by atoms with E-state index >= 15 is 0 Å². The van der Waals surface area contributed by atoms with Gasteiger partial charge in [-0.3, -0.25) is 9.40 Å². The number of anilines is 1. The Kier molecular flexibility index (Phi) is 7.54. The number of halogens is 1. The average molecular weight is 510 g/mol. The lowest BCUT2D eigenvalue weighted by molar-refractivity contribution is 0.392. The predicted octanol–water partition coefficient (Wildman–Crippen LogP) is 2.78. The fourth-order valence-electron chi connectivity index (χ4n) is 3.37. The van der Waals surface area contributed by atoms with Gasteiger partial charge in [-0.15, -0.1) is 12.4 Å². The first-order valence-electron chi connectivity index (χ1n) is 9.81. The Morgan fingerprint density at radius 2 is 1.82 bits per heavy atom. The maximum atomic E-state index is 13.1. The van der Waals surface area contributed by atoms with Crippen LogP contribution in [0.1, 0.15) is 11.1 Å². The van der Waals surface area contributed by atoms with Gasteiger partial charge in [0.25, 0.3) is 10.0 Å². The van der Waals surface area contributed by atoms with Crippen LogP contribution in [-0.4, -0.2) is 44.7 Å². The second-order valence-electron chi connectivity index (χ2n) is 7.07. The van der Waals surface area contributed by atoms with Crippen LogP contribution in [0.15, 0.2) is 52.1 Å². The first kappa shape index (κ1) is 25.1. The van der Waals surface area contributed by atoms with Gasteiger partial charge in [-0.2, -0.15) is 5.10 Å². The molecule has 0 unspecified atom stereocenters. The molecule has 0 atom stereocenters. The highest BCUT2D eigenvalue weighted by Crippen LogP contribution is 2.36. The van der Waals surface area contributed by atoms with Crippen LogP contribution < -0.4 is 24.7 Å². The highest BCUT2D eigenvalue weighted by Gasteiger charge is 2.25. The number of ether oxygens (including phenoxy) is 3. The second-order valence-corrected chi connectivity index (χ2v) is 8.73. The lowest BCUT2D eigenvalue weighted by Gasteiger charge is -2.12. The van der Waals surface area contributed by atoms with Crippen molar-refractivity contribution in [3.8, 4) is 17.2 Å². The van der Waals surface area contributed by atoms with Gasteiger partial charge in [0.05, 0.1) is 34.1 Å². The first-order valence-corrected chi connectivity index (χ1v) is 11.3. The molecular weight excluding hydrogens is 486 g/mol. The average Bonchev–Trinajstić information content (AvgIpc) is 3.44. The van der Waals surface area contributed by atoms with E-state index in [1.54, 1.807) is 29.1 Å². The number of sulfonamides is 1. The zero-order chi connectivity index (χ0) is 23.6. The summed E-state index contributed by atoms with van der Waals surface area (Å²) in [6.07, 6.45) is 3.54. The Morgan fingerprint density at radius 1 is 1.06 bits per heavy atom. The molecule has 0 fully saturated rings. The van der Waals surface area contributed by atoms with Crippen molar-refractivity contribution in [2.45, 2.75) is 18.0 Å². The molecule has 0 aliphatic carbocycles. The molecule has 182 valence electrons. The maximum Gasteiger partial charge on any atom is 0.266 e. The number of nitrogens with two attached hydrogens (primary N) is 1. The Balaban J connectivity index is 0.00000324. The summed E-state index contributed by atoms with van der Waals surface area (Å²) in [4.78, 5) is -0.106. The van der Waals surface area contributed by atoms with Crippen LogP contribution in [0.5, 0.6) is 17.2 Å². The van der Waals surface area contributed by atoms with Crippen LogP contribution in [-0.2, 0) is 23.1 Å². The number of hydrogen-bond donors (Lipinski definition) is 2. The molecule has 0 radical (unpaired) electrons. The summed E-state index contributed by atoms with van der Waals surface area (Å²) in [6, 6.07) is 7.99. The van der Waals surface area contributed by atoms with Crippen molar-refractivity contribution >= 4 is 39.2 Å². The number of aromatic nitrogens is 3. The van der Waals surface area contributed by atoms with Crippen molar-refractivity contribution in [3.63, 3.8) is 0 Å². The minimum atomic E-state index is -4.09. The van der Waals surface area contributed by atoms with E-state index < -0.39 is 10.0 Å². The monoisotopic (exact) mass is 509 g/mol. The van der Waals surface area contributed by atoms with Gasteiger partial charge in [0.15, 0.2) is 11.4 Å². The first-order chi connectivity index (χ1) is 15.9. The third-order valence-electron chi connectivity index (χ3n) is 4.98. The Morgan fingerprint density at radius 3 is 2.47 bits per heavy atom. The van der Waals surface area contributed by atoms with Gasteiger partial charge in [0, 0.05) is 24.4 Å². The van der Waals surface area contributed by atoms with Gasteiger partial charge >= 0.3 is 0 Å². The summed E-state index contributed by atoms with van der Waals surface area (Å²) in [7, 11) is 0.214. The number of nitrogens with one attached hydrogen (secondary N) is 1. The van der Waals surface area contributed by atoms with E-state index in [0.717, 1.165) is 11.1 Å². The molecule has 2 aromatic heterocycles. The van der Waals surface area contributed by atoms with Crippen LogP contribution >= 0.6 is 12.4 Å². The number of methoxy groups -OCH3 is 3. The molecule has 0 bridgehead atoms. The van der Waals surface area contributed by atoms with Gasteiger partial charge in [-0.05, 0) is 29.8 Å². The van der Waals surface area contributed by atoms with Gasteiger partial charge in [0.1, 0.15) is 27.5 Å². The Hall–Kier alpha value is -3.48. The lowest BCUT2D eigenvalue weighted by Crippen LogP contribution is -2.14. The van der Waals surface area contributed by atoms with Crippen molar-refractivity contribution < 1.29 is 27.2 Å². The maximum absolute atomic E-state index is 13.1. The molecule has 3 N–H and O–H groups in total. The predicted molar refractivity (Wildman–Crippen MR) is 127 cm³/mol. The number of benzene rings is 2. The SMILES string of the molecule is COc1ccc(OC)c(S(=O)(=O)Nc2noc3cc(Cn4cc(CN)cn4)cc(OC)c23)c1.Cl. The molecule has 4 aromatic rings. The number of hydrogen-bond acceptors (Lipinski definition) is 9. The minimum absolute atomic E-state index is 0. The molecule has 2 aromatic carbocycles. The fourth-order valence-corrected chi connectivity index (χ4v) is 4.56. The summed E-state index contributed by atoms with van der Waals surface area (Å²) >= 11 is 0. The summed E-state index contributed by atoms with van der Waals surface area (Å²) in [6.45, 7) is 0.834. The van der Waals surface area contributed by atoms with E-state index in [4.69, 9.17) is 24.5 Å². The van der Waals surface area contributed by atoms with Gasteiger partial charge in [0.2, 0.25) is 0 Å². The molecule has 0 saturated heterocycles. The molecule has 0 aliphatic heterocycles. The lowest BCUT2D eigenvalue weighted by atomic mass is 10.1. The molecule has 13 heteroatoms. The van der Waals surface area contributed by atoms with E-state index in [0.29, 0.717) is 35.6 Å². The highest BCUT2D eigenvalue weighted by atomic mass is 35.5. The normalized spacial score (nSPS) is 11.2. The van der Waals surface area contributed by atoms with Gasteiger partial charge in [-0.1, -0.05) is 5.16 Å². The third-order valence-corrected chi connectivity index (χ3v) is 6.34. The number of nitrogens with zero attached hydrogens (tertiary/aromatic N) is 3. The summed E-state index contributed by atoms with van der Waals surface area (Å²) in [5, 5.41) is 8.58. The molecular formula is C21H24ClN5O6S. The topological polar surface area (TPSA) is 144 Å². The molecule has 0 spiro atoms. The third kappa shape index (κ3) is 4.88. The van der Waals surface area contributed by atoms with Gasteiger partial charge < -0.3 is 24.5 Å².